The Hall–Kier alpha value is -3.85. The number of phenols is 1. The second-order valence-corrected chi connectivity index (χ2v) is 7.75. The number of nitroso groups, excluding NO2 is 1. The highest BCUT2D eigenvalue weighted by Gasteiger charge is 2.14. The molecule has 0 amide bonds. The van der Waals surface area contributed by atoms with Gasteiger partial charge < -0.3 is 19.6 Å². The third-order valence-corrected chi connectivity index (χ3v) is 4.81. The molecule has 1 aromatic heterocycles. The molecule has 0 saturated carbocycles. The summed E-state index contributed by atoms with van der Waals surface area (Å²) in [5.41, 5.74) is 2.08. The van der Waals surface area contributed by atoms with Crippen molar-refractivity contribution in [3.63, 3.8) is 0 Å². The smallest absolute Gasteiger partial charge is 0.280 e. The minimum Gasteiger partial charge on any atom is -0.502 e. The van der Waals surface area contributed by atoms with Crippen molar-refractivity contribution in [2.75, 3.05) is 35.4 Å². The molecule has 162 valence electrons. The normalized spacial score (nSPS) is 12.8. The van der Waals surface area contributed by atoms with E-state index in [1.54, 1.807) is 18.2 Å². The highest BCUT2D eigenvalue weighted by molar-refractivity contribution is 5.61. The molecule has 0 bridgehead atoms. The first-order chi connectivity index (χ1) is 14.7. The standard InChI is InChI=1S/C22H24N4O5/c1-26(2,3)16-8-6-15(7-9-16)25-20(13-23-29)24-17(22(25)28)10-14-11-18(30-4)21(27)19(12-14)31-5/h6-13H,1-5H3,(H-,23,24,27,28,29)/p+1. The molecule has 0 spiro atoms. The van der Waals surface area contributed by atoms with Crippen LogP contribution >= 0.6 is 0 Å². The third kappa shape index (κ3) is 4.36. The SMILES string of the molecule is COc1cc(/C=c2\[nH]c(=CN=O)n(-c3ccc([N+](C)(C)C)cc3)c2=O)cc(OC)c1O. The van der Waals surface area contributed by atoms with Crippen molar-refractivity contribution in [1.82, 2.24) is 14.0 Å². The number of quaternary nitrogens is 1. The Morgan fingerprint density at radius 2 is 1.65 bits per heavy atom. The predicted molar refractivity (Wildman–Crippen MR) is 120 cm³/mol. The first kappa shape index (κ1) is 21.8. The summed E-state index contributed by atoms with van der Waals surface area (Å²) in [7, 11) is 8.96. The van der Waals surface area contributed by atoms with Crippen LogP contribution in [-0.2, 0) is 0 Å². The van der Waals surface area contributed by atoms with Crippen LogP contribution in [0.3, 0.4) is 0 Å². The van der Waals surface area contributed by atoms with Crippen LogP contribution in [0.2, 0.25) is 0 Å². The number of methoxy groups -OCH3 is 2. The third-order valence-electron chi connectivity index (χ3n) is 4.81. The number of hydrogen-bond acceptors (Lipinski definition) is 6. The minimum absolute atomic E-state index is 0.137. The van der Waals surface area contributed by atoms with Gasteiger partial charge in [0.15, 0.2) is 11.5 Å². The van der Waals surface area contributed by atoms with Gasteiger partial charge in [-0.2, -0.15) is 0 Å². The number of nitrogens with one attached hydrogen (secondary N) is 1. The van der Waals surface area contributed by atoms with E-state index in [2.05, 4.69) is 10.2 Å². The second kappa shape index (κ2) is 8.49. The van der Waals surface area contributed by atoms with Gasteiger partial charge >= 0.3 is 0 Å². The molecular formula is C22H25N4O5+. The summed E-state index contributed by atoms with van der Waals surface area (Å²) >= 11 is 0. The Kier molecular flexibility index (Phi) is 5.98. The van der Waals surface area contributed by atoms with Crippen LogP contribution in [0.25, 0.3) is 18.0 Å². The number of aromatic hydroxyl groups is 1. The maximum Gasteiger partial charge on any atom is 0.280 e. The molecule has 2 N–H and O–H groups in total. The van der Waals surface area contributed by atoms with Crippen LogP contribution < -0.4 is 30.3 Å². The summed E-state index contributed by atoms with van der Waals surface area (Å²) in [6.07, 6.45) is 2.62. The molecule has 0 aliphatic heterocycles. The van der Waals surface area contributed by atoms with E-state index >= 15 is 0 Å². The molecule has 0 unspecified atom stereocenters. The molecule has 0 fully saturated rings. The fraction of sp³-hybridized carbons (Fsp3) is 0.227. The van der Waals surface area contributed by atoms with Crippen LogP contribution in [0.5, 0.6) is 17.2 Å². The van der Waals surface area contributed by atoms with Crippen LogP contribution in [0.4, 0.5) is 5.69 Å². The molecule has 9 heteroatoms. The fourth-order valence-electron chi connectivity index (χ4n) is 3.18. The summed E-state index contributed by atoms with van der Waals surface area (Å²) in [6.45, 7) is 0. The van der Waals surface area contributed by atoms with Crippen molar-refractivity contribution in [2.45, 2.75) is 0 Å². The molecular weight excluding hydrogens is 400 g/mol. The summed E-state index contributed by atoms with van der Waals surface area (Å²) in [4.78, 5) is 27.0. The second-order valence-electron chi connectivity index (χ2n) is 7.75. The van der Waals surface area contributed by atoms with Crippen LogP contribution in [-0.4, -0.2) is 50.0 Å². The topological polar surface area (TPSA) is 106 Å². The van der Waals surface area contributed by atoms with E-state index in [0.717, 1.165) is 11.9 Å². The van der Waals surface area contributed by atoms with Crippen LogP contribution in [0.15, 0.2) is 46.4 Å². The zero-order valence-corrected chi connectivity index (χ0v) is 18.0. The van der Waals surface area contributed by atoms with E-state index in [0.29, 0.717) is 15.7 Å². The lowest BCUT2D eigenvalue weighted by Crippen LogP contribution is -2.35. The highest BCUT2D eigenvalue weighted by Crippen LogP contribution is 2.37. The zero-order chi connectivity index (χ0) is 22.8. The largest absolute Gasteiger partial charge is 0.502 e. The Labute approximate surface area is 178 Å². The Balaban J connectivity index is 2.21. The zero-order valence-electron chi connectivity index (χ0n) is 18.0. The number of aromatic nitrogens is 2. The molecule has 0 saturated heterocycles. The lowest BCUT2D eigenvalue weighted by atomic mass is 10.1. The Morgan fingerprint density at radius 3 is 2.13 bits per heavy atom. The van der Waals surface area contributed by atoms with Gasteiger partial charge in [0.1, 0.15) is 22.7 Å². The van der Waals surface area contributed by atoms with Gasteiger partial charge in [-0.3, -0.25) is 13.8 Å². The maximum absolute atomic E-state index is 13.1. The van der Waals surface area contributed by atoms with Gasteiger partial charge in [0.25, 0.3) is 5.56 Å². The van der Waals surface area contributed by atoms with Crippen LogP contribution in [0.1, 0.15) is 5.56 Å². The van der Waals surface area contributed by atoms with E-state index < -0.39 is 0 Å². The van der Waals surface area contributed by atoms with Crippen molar-refractivity contribution in [2.24, 2.45) is 5.18 Å². The van der Waals surface area contributed by atoms with Crippen molar-refractivity contribution >= 4 is 18.0 Å². The summed E-state index contributed by atoms with van der Waals surface area (Å²) in [5, 5.41) is 13.1. The van der Waals surface area contributed by atoms with Gasteiger partial charge in [0, 0.05) is 12.1 Å². The molecule has 3 aromatic rings. The number of nitrogens with zero attached hydrogens (tertiary/aromatic N) is 3. The van der Waals surface area contributed by atoms with Gasteiger partial charge in [0.05, 0.1) is 41.0 Å². The lowest BCUT2D eigenvalue weighted by molar-refractivity contribution is 0.340. The minimum atomic E-state index is -0.362. The average Bonchev–Trinajstić information content (AvgIpc) is 3.03. The van der Waals surface area contributed by atoms with Gasteiger partial charge in [-0.1, -0.05) is 0 Å². The van der Waals surface area contributed by atoms with Crippen molar-refractivity contribution < 1.29 is 14.6 Å². The number of H-pyrrole nitrogens is 1. The van der Waals surface area contributed by atoms with Gasteiger partial charge in [-0.05, 0) is 41.1 Å². The Bertz CT molecular complexity index is 1260. The number of aromatic amines is 1. The van der Waals surface area contributed by atoms with E-state index in [1.807, 2.05) is 45.4 Å². The van der Waals surface area contributed by atoms with E-state index in [1.165, 1.54) is 18.8 Å². The van der Waals surface area contributed by atoms with E-state index in [4.69, 9.17) is 9.47 Å². The molecule has 1 heterocycles. The number of phenolic OH excluding ortho intramolecular Hbond substituents is 1. The lowest BCUT2D eigenvalue weighted by Gasteiger charge is -2.23. The predicted octanol–water partition coefficient (Wildman–Crippen LogP) is 1.42. The molecule has 3 rings (SSSR count). The average molecular weight is 425 g/mol. The van der Waals surface area contributed by atoms with Crippen molar-refractivity contribution in [1.29, 1.82) is 0 Å². The fourth-order valence-corrected chi connectivity index (χ4v) is 3.18. The van der Waals surface area contributed by atoms with Crippen LogP contribution in [0, 0.1) is 4.91 Å². The van der Waals surface area contributed by atoms with Gasteiger partial charge in [-0.25, -0.2) is 0 Å². The number of imidazole rings is 1. The van der Waals surface area contributed by atoms with Gasteiger partial charge in [0.2, 0.25) is 5.75 Å². The molecule has 0 radical (unpaired) electrons. The molecule has 0 atom stereocenters. The first-order valence-electron chi connectivity index (χ1n) is 9.42. The molecule has 31 heavy (non-hydrogen) atoms. The highest BCUT2D eigenvalue weighted by atomic mass is 16.5. The van der Waals surface area contributed by atoms with Gasteiger partial charge in [-0.15, -0.1) is 4.91 Å². The first-order valence-corrected chi connectivity index (χ1v) is 9.42. The Morgan fingerprint density at radius 1 is 1.06 bits per heavy atom. The quantitative estimate of drug-likeness (QED) is 0.459. The van der Waals surface area contributed by atoms with E-state index in [9.17, 15) is 14.8 Å². The number of benzene rings is 2. The molecule has 0 aliphatic carbocycles. The number of ether oxygens (including phenoxy) is 2. The molecule has 2 aromatic carbocycles. The van der Waals surface area contributed by atoms with E-state index in [-0.39, 0.29) is 33.6 Å². The molecule has 0 aliphatic rings. The summed E-state index contributed by atoms with van der Waals surface area (Å²) in [5.74, 6) is 0.270. The molecule has 9 nitrogen and oxygen atoms in total. The monoisotopic (exact) mass is 425 g/mol. The number of rotatable bonds is 6. The number of hydrogen-bond donors (Lipinski definition) is 2. The van der Waals surface area contributed by atoms with Crippen molar-refractivity contribution in [3.05, 3.63) is 68.1 Å². The summed E-state index contributed by atoms with van der Waals surface area (Å²) < 4.78 is 12.3. The van der Waals surface area contributed by atoms with Crippen molar-refractivity contribution in [3.8, 4) is 22.9 Å². The maximum atomic E-state index is 13.1. The summed E-state index contributed by atoms with van der Waals surface area (Å²) in [6, 6.07) is 10.6.